The molecular formula is C28H28BrCl3N2O3. The monoisotopic (exact) mass is 624 g/mol. The molecule has 0 aromatic heterocycles. The first-order valence-corrected chi connectivity index (χ1v) is 13.5. The lowest BCUT2D eigenvalue weighted by atomic mass is 10.0. The SMILES string of the molecule is CC(C)(C)NC(=O)[C@H](Cc1ccccc1)N(Cc1c(Cl)cccc1Cl)C(=O)COc1ccc(Br)cc1Cl. The molecule has 0 radical (unpaired) electrons. The second-order valence-corrected chi connectivity index (χ2v) is 11.7. The number of amides is 2. The molecule has 3 rings (SSSR count). The van der Waals surface area contributed by atoms with E-state index >= 15 is 0 Å². The first-order chi connectivity index (χ1) is 17.4. The molecular weight excluding hydrogens is 599 g/mol. The first kappa shape index (κ1) is 29.3. The van der Waals surface area contributed by atoms with Gasteiger partial charge in [0.2, 0.25) is 5.91 Å². The third-order valence-corrected chi connectivity index (χ3v) is 6.90. The summed E-state index contributed by atoms with van der Waals surface area (Å²) >= 11 is 22.6. The van der Waals surface area contributed by atoms with E-state index in [0.717, 1.165) is 10.0 Å². The van der Waals surface area contributed by atoms with E-state index in [9.17, 15) is 9.59 Å². The van der Waals surface area contributed by atoms with Crippen LogP contribution in [-0.4, -0.2) is 34.9 Å². The number of hydrogen-bond acceptors (Lipinski definition) is 3. The lowest BCUT2D eigenvalue weighted by molar-refractivity contribution is -0.143. The van der Waals surface area contributed by atoms with Crippen LogP contribution in [0.4, 0.5) is 0 Å². The van der Waals surface area contributed by atoms with Crippen molar-refractivity contribution in [2.75, 3.05) is 6.61 Å². The van der Waals surface area contributed by atoms with Crippen molar-refractivity contribution in [1.82, 2.24) is 10.2 Å². The van der Waals surface area contributed by atoms with Crippen LogP contribution in [0, 0.1) is 0 Å². The zero-order valence-corrected chi connectivity index (χ0v) is 24.6. The number of benzene rings is 3. The number of carbonyl (C=O) groups excluding carboxylic acids is 2. The third kappa shape index (κ3) is 8.64. The van der Waals surface area contributed by atoms with Crippen LogP contribution in [0.2, 0.25) is 15.1 Å². The van der Waals surface area contributed by atoms with Crippen molar-refractivity contribution < 1.29 is 14.3 Å². The van der Waals surface area contributed by atoms with Crippen LogP contribution >= 0.6 is 50.7 Å². The summed E-state index contributed by atoms with van der Waals surface area (Å²) in [5.41, 5.74) is 0.934. The molecule has 1 atom stereocenters. The minimum absolute atomic E-state index is 0.0177. The Balaban J connectivity index is 1.99. The third-order valence-electron chi connectivity index (χ3n) is 5.40. The number of hydrogen-bond donors (Lipinski definition) is 1. The number of ether oxygens (including phenoxy) is 1. The van der Waals surface area contributed by atoms with Crippen molar-refractivity contribution >= 4 is 62.5 Å². The van der Waals surface area contributed by atoms with Gasteiger partial charge < -0.3 is 15.0 Å². The fraction of sp³-hybridized carbons (Fsp3) is 0.286. The van der Waals surface area contributed by atoms with Gasteiger partial charge in [-0.15, -0.1) is 0 Å². The van der Waals surface area contributed by atoms with E-state index in [1.54, 1.807) is 36.4 Å². The molecule has 0 aliphatic heterocycles. The summed E-state index contributed by atoms with van der Waals surface area (Å²) in [7, 11) is 0. The highest BCUT2D eigenvalue weighted by molar-refractivity contribution is 9.10. The van der Waals surface area contributed by atoms with E-state index in [1.807, 2.05) is 51.1 Å². The fourth-order valence-corrected chi connectivity index (χ4v) is 4.92. The maximum absolute atomic E-state index is 13.7. The van der Waals surface area contributed by atoms with Gasteiger partial charge in [-0.1, -0.05) is 87.1 Å². The van der Waals surface area contributed by atoms with Crippen LogP contribution in [-0.2, 0) is 22.6 Å². The van der Waals surface area contributed by atoms with Crippen LogP contribution in [0.5, 0.6) is 5.75 Å². The van der Waals surface area contributed by atoms with Gasteiger partial charge in [0, 0.05) is 38.6 Å². The highest BCUT2D eigenvalue weighted by Gasteiger charge is 2.33. The molecule has 0 aliphatic carbocycles. The predicted molar refractivity (Wildman–Crippen MR) is 153 cm³/mol. The number of nitrogens with zero attached hydrogens (tertiary/aromatic N) is 1. The van der Waals surface area contributed by atoms with Crippen molar-refractivity contribution in [3.05, 3.63) is 97.4 Å². The second-order valence-electron chi connectivity index (χ2n) is 9.53. The zero-order chi connectivity index (χ0) is 27.2. The average molecular weight is 627 g/mol. The summed E-state index contributed by atoms with van der Waals surface area (Å²) in [5, 5.41) is 4.17. The molecule has 3 aromatic carbocycles. The summed E-state index contributed by atoms with van der Waals surface area (Å²) in [5.74, 6) is -0.359. The predicted octanol–water partition coefficient (Wildman–Crippen LogP) is 7.34. The maximum atomic E-state index is 13.7. The molecule has 1 N–H and O–H groups in total. The molecule has 0 unspecified atom stereocenters. The molecule has 3 aromatic rings. The fourth-order valence-electron chi connectivity index (χ4n) is 3.68. The number of nitrogens with one attached hydrogen (secondary N) is 1. The number of rotatable bonds is 9. The minimum Gasteiger partial charge on any atom is -0.482 e. The molecule has 0 heterocycles. The van der Waals surface area contributed by atoms with Crippen LogP contribution in [0.15, 0.2) is 71.2 Å². The van der Waals surface area contributed by atoms with Gasteiger partial charge in [-0.05, 0) is 56.7 Å². The first-order valence-electron chi connectivity index (χ1n) is 11.6. The molecule has 2 amide bonds. The number of carbonyl (C=O) groups is 2. The Morgan fingerprint density at radius 2 is 1.59 bits per heavy atom. The van der Waals surface area contributed by atoms with Gasteiger partial charge in [-0.3, -0.25) is 9.59 Å². The molecule has 0 aliphatic rings. The van der Waals surface area contributed by atoms with Crippen LogP contribution < -0.4 is 10.1 Å². The maximum Gasteiger partial charge on any atom is 0.261 e. The van der Waals surface area contributed by atoms with Crippen molar-refractivity contribution in [1.29, 1.82) is 0 Å². The molecule has 196 valence electrons. The van der Waals surface area contributed by atoms with Crippen LogP contribution in [0.3, 0.4) is 0 Å². The summed E-state index contributed by atoms with van der Waals surface area (Å²) < 4.78 is 6.56. The molecule has 5 nitrogen and oxygen atoms in total. The van der Waals surface area contributed by atoms with E-state index in [1.165, 1.54) is 4.90 Å². The molecule has 0 saturated carbocycles. The topological polar surface area (TPSA) is 58.6 Å². The Bertz CT molecular complexity index is 1230. The highest BCUT2D eigenvalue weighted by Crippen LogP contribution is 2.29. The molecule has 0 fully saturated rings. The summed E-state index contributed by atoms with van der Waals surface area (Å²) in [6.45, 7) is 5.35. The van der Waals surface area contributed by atoms with Gasteiger partial charge in [-0.25, -0.2) is 0 Å². The molecule has 0 spiro atoms. The molecule has 0 saturated heterocycles. The highest BCUT2D eigenvalue weighted by atomic mass is 79.9. The Kier molecular flexibility index (Phi) is 10.3. The standard InChI is InChI=1S/C28H28BrCl3N2O3/c1-28(2,3)33-27(36)24(14-18-8-5-4-6-9-18)34(16-20-21(30)10-7-11-22(20)31)26(35)17-37-25-13-12-19(29)15-23(25)32/h4-13,15,24H,14,16-17H2,1-3H3,(H,33,36)/t24-/m0/s1. The van der Waals surface area contributed by atoms with Gasteiger partial charge >= 0.3 is 0 Å². The molecule has 0 bridgehead atoms. The Morgan fingerprint density at radius 3 is 2.19 bits per heavy atom. The molecule has 9 heteroatoms. The van der Waals surface area contributed by atoms with Crippen molar-refractivity contribution in [2.24, 2.45) is 0 Å². The summed E-state index contributed by atoms with van der Waals surface area (Å²) in [6.07, 6.45) is 0.287. The lowest BCUT2D eigenvalue weighted by Gasteiger charge is -2.34. The quantitative estimate of drug-likeness (QED) is 0.270. The smallest absolute Gasteiger partial charge is 0.261 e. The average Bonchev–Trinajstić information content (AvgIpc) is 2.81. The van der Waals surface area contributed by atoms with E-state index in [-0.39, 0.29) is 25.5 Å². The second kappa shape index (κ2) is 13.0. The largest absolute Gasteiger partial charge is 0.482 e. The van der Waals surface area contributed by atoms with Gasteiger partial charge in [0.15, 0.2) is 6.61 Å². The normalized spacial score (nSPS) is 12.1. The van der Waals surface area contributed by atoms with Crippen LogP contribution in [0.1, 0.15) is 31.9 Å². The minimum atomic E-state index is -0.856. The number of halogens is 4. The van der Waals surface area contributed by atoms with Crippen molar-refractivity contribution in [3.8, 4) is 5.75 Å². The summed E-state index contributed by atoms with van der Waals surface area (Å²) in [6, 6.07) is 18.9. The summed E-state index contributed by atoms with van der Waals surface area (Å²) in [4.78, 5) is 28.8. The van der Waals surface area contributed by atoms with E-state index in [2.05, 4.69) is 21.2 Å². The van der Waals surface area contributed by atoms with Crippen molar-refractivity contribution in [3.63, 3.8) is 0 Å². The Morgan fingerprint density at radius 1 is 0.946 bits per heavy atom. The van der Waals surface area contributed by atoms with Gasteiger partial charge in [0.1, 0.15) is 11.8 Å². The van der Waals surface area contributed by atoms with E-state index < -0.39 is 17.5 Å². The van der Waals surface area contributed by atoms with Crippen molar-refractivity contribution in [2.45, 2.75) is 45.3 Å². The van der Waals surface area contributed by atoms with E-state index in [0.29, 0.717) is 26.4 Å². The van der Waals surface area contributed by atoms with E-state index in [4.69, 9.17) is 39.5 Å². The van der Waals surface area contributed by atoms with Crippen LogP contribution in [0.25, 0.3) is 0 Å². The van der Waals surface area contributed by atoms with Gasteiger partial charge in [0.05, 0.1) is 5.02 Å². The zero-order valence-electron chi connectivity index (χ0n) is 20.7. The molecule has 37 heavy (non-hydrogen) atoms. The Labute approximate surface area is 241 Å². The lowest BCUT2D eigenvalue weighted by Crippen LogP contribution is -2.55. The van der Waals surface area contributed by atoms with Gasteiger partial charge in [0.25, 0.3) is 5.91 Å². The Hall–Kier alpha value is -2.25. The van der Waals surface area contributed by atoms with Gasteiger partial charge in [-0.2, -0.15) is 0 Å².